The number of carbonyl (C=O) groups excluding carboxylic acids is 1. The number of hydrogen-bond acceptors (Lipinski definition) is 6. The van der Waals surface area contributed by atoms with Gasteiger partial charge in [0.25, 0.3) is 11.6 Å². The summed E-state index contributed by atoms with van der Waals surface area (Å²) in [5, 5.41) is 20.9. The fourth-order valence-electron chi connectivity index (χ4n) is 2.74. The normalized spacial score (nSPS) is 16.9. The van der Waals surface area contributed by atoms with Gasteiger partial charge in [-0.2, -0.15) is 0 Å². The van der Waals surface area contributed by atoms with Crippen LogP contribution in [-0.4, -0.2) is 47.7 Å². The van der Waals surface area contributed by atoms with Crippen LogP contribution in [0, 0.1) is 10.1 Å². The summed E-state index contributed by atoms with van der Waals surface area (Å²) in [6, 6.07) is 1.98. The number of nitro groups is 1. The van der Waals surface area contributed by atoms with Crippen molar-refractivity contribution in [2.24, 2.45) is 0 Å². The molecule has 1 heterocycles. The van der Waals surface area contributed by atoms with Gasteiger partial charge in [0, 0.05) is 12.3 Å². The van der Waals surface area contributed by atoms with Crippen LogP contribution in [0.1, 0.15) is 23.7 Å². The first-order valence-electron chi connectivity index (χ1n) is 7.64. The average Bonchev–Trinajstić information content (AvgIpc) is 3.03. The first-order chi connectivity index (χ1) is 12.0. The number of aliphatic hydroxyl groups is 1. The Balaban J connectivity index is 2.52. The third-order valence-electron chi connectivity index (χ3n) is 3.92. The number of methoxy groups -OCH3 is 2. The monoisotopic (exact) mass is 348 g/mol. The second-order valence-corrected chi connectivity index (χ2v) is 5.44. The number of benzene rings is 1. The van der Waals surface area contributed by atoms with Gasteiger partial charge in [-0.15, -0.1) is 0 Å². The molecule has 0 spiro atoms. The lowest BCUT2D eigenvalue weighted by molar-refractivity contribution is -0.385. The van der Waals surface area contributed by atoms with Crippen LogP contribution in [0.4, 0.5) is 5.69 Å². The van der Waals surface area contributed by atoms with Crippen molar-refractivity contribution < 1.29 is 24.3 Å². The van der Waals surface area contributed by atoms with Gasteiger partial charge < -0.3 is 19.5 Å². The summed E-state index contributed by atoms with van der Waals surface area (Å²) in [5.74, 6) is -0.198. The minimum Gasteiger partial charge on any atom is -0.493 e. The van der Waals surface area contributed by atoms with Crippen molar-refractivity contribution in [1.82, 2.24) is 4.90 Å². The van der Waals surface area contributed by atoms with Crippen LogP contribution in [0.2, 0.25) is 0 Å². The smallest absolute Gasteiger partial charge is 0.286 e. The van der Waals surface area contributed by atoms with Crippen LogP contribution in [0.3, 0.4) is 0 Å². The highest BCUT2D eigenvalue weighted by Gasteiger charge is 2.33. The molecule has 1 unspecified atom stereocenters. The molecular weight excluding hydrogens is 328 g/mol. The number of carbonyl (C=O) groups is 1. The zero-order chi connectivity index (χ0) is 18.6. The number of aliphatic hydroxyl groups excluding tert-OH is 1. The Labute approximate surface area is 145 Å². The predicted octanol–water partition coefficient (Wildman–Crippen LogP) is 2.28. The Morgan fingerprint density at radius 1 is 1.40 bits per heavy atom. The molecule has 1 N–H and O–H groups in total. The highest BCUT2D eigenvalue weighted by molar-refractivity contribution is 6.00. The molecule has 1 amide bonds. The summed E-state index contributed by atoms with van der Waals surface area (Å²) in [6.45, 7) is 1.60. The molecule has 0 saturated carbocycles. The van der Waals surface area contributed by atoms with Crippen molar-refractivity contribution in [2.45, 2.75) is 19.4 Å². The topological polar surface area (TPSA) is 102 Å². The summed E-state index contributed by atoms with van der Waals surface area (Å²) in [5.41, 5.74) is 0.351. The molecule has 2 rings (SSSR count). The Bertz CT molecular complexity index is 741. The zero-order valence-corrected chi connectivity index (χ0v) is 14.3. The van der Waals surface area contributed by atoms with E-state index in [1.165, 1.54) is 25.2 Å². The molecular formula is C17H20N2O6. The number of amides is 1. The average molecular weight is 348 g/mol. The van der Waals surface area contributed by atoms with Gasteiger partial charge in [0.1, 0.15) is 5.56 Å². The van der Waals surface area contributed by atoms with Crippen LogP contribution in [0.15, 0.2) is 36.1 Å². The fraction of sp³-hybridized carbons (Fsp3) is 0.353. The maximum absolute atomic E-state index is 12.9. The standard InChI is InChI=1S/C17H20N2O6/c1-4-5-11-6-12(10-20)18(9-11)17(21)13-7-15(24-2)16(25-3)8-14(13)19(22)23/h4-5,7-9,12,20H,6,10H2,1-3H3/b5-4+. The molecule has 8 nitrogen and oxygen atoms in total. The van der Waals surface area contributed by atoms with Gasteiger partial charge in [-0.1, -0.05) is 12.2 Å². The van der Waals surface area contributed by atoms with Gasteiger partial charge in [0.05, 0.1) is 37.9 Å². The SMILES string of the molecule is C/C=C/C1=CN(C(=O)c2cc(OC)c(OC)cc2[N+](=O)[O-])C(CO)C1. The lowest BCUT2D eigenvalue weighted by atomic mass is 10.1. The van der Waals surface area contributed by atoms with E-state index in [0.29, 0.717) is 6.42 Å². The van der Waals surface area contributed by atoms with Crippen molar-refractivity contribution in [3.05, 3.63) is 51.7 Å². The molecule has 0 fully saturated rings. The van der Waals surface area contributed by atoms with E-state index in [1.54, 1.807) is 6.20 Å². The molecule has 1 atom stereocenters. The second kappa shape index (κ2) is 7.80. The van der Waals surface area contributed by atoms with E-state index in [4.69, 9.17) is 9.47 Å². The van der Waals surface area contributed by atoms with Crippen molar-refractivity contribution in [3.8, 4) is 11.5 Å². The third-order valence-corrected chi connectivity index (χ3v) is 3.92. The first-order valence-corrected chi connectivity index (χ1v) is 7.64. The Morgan fingerprint density at radius 3 is 2.56 bits per heavy atom. The van der Waals surface area contributed by atoms with Gasteiger partial charge in [-0.3, -0.25) is 14.9 Å². The maximum atomic E-state index is 12.9. The van der Waals surface area contributed by atoms with Crippen molar-refractivity contribution in [3.63, 3.8) is 0 Å². The zero-order valence-electron chi connectivity index (χ0n) is 14.3. The molecule has 8 heteroatoms. The molecule has 25 heavy (non-hydrogen) atoms. The number of nitro benzene ring substituents is 1. The molecule has 0 saturated heterocycles. The van der Waals surface area contributed by atoms with E-state index in [0.717, 1.165) is 11.6 Å². The maximum Gasteiger partial charge on any atom is 0.286 e. The highest BCUT2D eigenvalue weighted by Crippen LogP contribution is 2.36. The molecule has 1 aliphatic heterocycles. The Kier molecular flexibility index (Phi) is 5.76. The number of ether oxygens (including phenoxy) is 2. The lowest BCUT2D eigenvalue weighted by Gasteiger charge is -2.22. The summed E-state index contributed by atoms with van der Waals surface area (Å²) in [6.07, 6.45) is 5.74. The molecule has 0 bridgehead atoms. The van der Waals surface area contributed by atoms with E-state index in [1.807, 2.05) is 19.1 Å². The van der Waals surface area contributed by atoms with Crippen LogP contribution < -0.4 is 9.47 Å². The fourth-order valence-corrected chi connectivity index (χ4v) is 2.74. The second-order valence-electron chi connectivity index (χ2n) is 5.44. The largest absolute Gasteiger partial charge is 0.493 e. The molecule has 0 radical (unpaired) electrons. The van der Waals surface area contributed by atoms with E-state index in [2.05, 4.69) is 0 Å². The van der Waals surface area contributed by atoms with Gasteiger partial charge in [0.2, 0.25) is 0 Å². The van der Waals surface area contributed by atoms with Gasteiger partial charge in [0.15, 0.2) is 11.5 Å². The van der Waals surface area contributed by atoms with Gasteiger partial charge in [-0.25, -0.2) is 0 Å². The van der Waals surface area contributed by atoms with Crippen LogP contribution >= 0.6 is 0 Å². The van der Waals surface area contributed by atoms with Crippen LogP contribution in [0.5, 0.6) is 11.5 Å². The minimum atomic E-state index is -0.643. The highest BCUT2D eigenvalue weighted by atomic mass is 16.6. The Hall–Kier alpha value is -2.87. The molecule has 1 aliphatic rings. The molecule has 1 aromatic rings. The summed E-state index contributed by atoms with van der Waals surface area (Å²) < 4.78 is 10.2. The van der Waals surface area contributed by atoms with Gasteiger partial charge in [-0.05, 0) is 18.9 Å². The predicted molar refractivity (Wildman–Crippen MR) is 90.8 cm³/mol. The molecule has 134 valence electrons. The van der Waals surface area contributed by atoms with Gasteiger partial charge >= 0.3 is 0 Å². The quantitative estimate of drug-likeness (QED) is 0.625. The van der Waals surface area contributed by atoms with Crippen LogP contribution in [0.25, 0.3) is 0 Å². The van der Waals surface area contributed by atoms with Crippen molar-refractivity contribution in [1.29, 1.82) is 0 Å². The lowest BCUT2D eigenvalue weighted by Crippen LogP contribution is -2.35. The van der Waals surface area contributed by atoms with E-state index in [-0.39, 0.29) is 29.4 Å². The number of rotatable bonds is 6. The van der Waals surface area contributed by atoms with E-state index >= 15 is 0 Å². The van der Waals surface area contributed by atoms with Crippen LogP contribution in [-0.2, 0) is 0 Å². The summed E-state index contributed by atoms with van der Waals surface area (Å²) >= 11 is 0. The summed E-state index contributed by atoms with van der Waals surface area (Å²) in [7, 11) is 2.74. The molecule has 0 aromatic heterocycles. The minimum absolute atomic E-state index is 0.126. The summed E-state index contributed by atoms with van der Waals surface area (Å²) in [4.78, 5) is 25.0. The molecule has 0 aliphatic carbocycles. The van der Waals surface area contributed by atoms with Crippen molar-refractivity contribution >= 4 is 11.6 Å². The first kappa shape index (κ1) is 18.5. The third kappa shape index (κ3) is 3.63. The van der Waals surface area contributed by atoms with E-state index < -0.39 is 16.9 Å². The molecule has 1 aromatic carbocycles. The number of nitrogens with zero attached hydrogens (tertiary/aromatic N) is 2. The number of hydrogen-bond donors (Lipinski definition) is 1. The number of allylic oxidation sites excluding steroid dienone is 2. The van der Waals surface area contributed by atoms with Crippen molar-refractivity contribution in [2.75, 3.05) is 20.8 Å². The van der Waals surface area contributed by atoms with E-state index in [9.17, 15) is 20.0 Å². The Morgan fingerprint density at radius 2 is 2.04 bits per heavy atom.